The molecule has 0 radical (unpaired) electrons. The second-order valence-electron chi connectivity index (χ2n) is 5.67. The molecule has 2 rings (SSSR count). The van der Waals surface area contributed by atoms with Gasteiger partial charge in [0.2, 0.25) is 0 Å². The molecule has 0 aromatic carbocycles. The maximum absolute atomic E-state index is 5.61. The SMILES string of the molecule is CO[C@H]1CCN(CC2CC2)C[C@@H]1C(C)C. The molecule has 1 heterocycles. The molecule has 1 aliphatic carbocycles. The van der Waals surface area contributed by atoms with Crippen LogP contribution in [0.15, 0.2) is 0 Å². The van der Waals surface area contributed by atoms with E-state index in [1.54, 1.807) is 0 Å². The van der Waals surface area contributed by atoms with Crippen molar-refractivity contribution in [2.45, 2.75) is 39.2 Å². The summed E-state index contributed by atoms with van der Waals surface area (Å²) in [6, 6.07) is 0. The van der Waals surface area contributed by atoms with Gasteiger partial charge in [-0.1, -0.05) is 13.8 Å². The van der Waals surface area contributed by atoms with Crippen LogP contribution in [0.25, 0.3) is 0 Å². The Morgan fingerprint density at radius 2 is 2.00 bits per heavy atom. The van der Waals surface area contributed by atoms with Gasteiger partial charge in [0.05, 0.1) is 6.10 Å². The Bertz CT molecular complexity index is 201. The molecule has 0 N–H and O–H groups in total. The van der Waals surface area contributed by atoms with Crippen molar-refractivity contribution >= 4 is 0 Å². The first-order valence-electron chi connectivity index (χ1n) is 6.46. The third-order valence-corrected chi connectivity index (χ3v) is 4.05. The Labute approximate surface area is 94.0 Å². The highest BCUT2D eigenvalue weighted by atomic mass is 16.5. The Morgan fingerprint density at radius 1 is 1.27 bits per heavy atom. The van der Waals surface area contributed by atoms with Crippen molar-refractivity contribution in [2.24, 2.45) is 17.8 Å². The topological polar surface area (TPSA) is 12.5 Å². The summed E-state index contributed by atoms with van der Waals surface area (Å²) < 4.78 is 5.61. The van der Waals surface area contributed by atoms with Crippen LogP contribution in [0.4, 0.5) is 0 Å². The highest BCUT2D eigenvalue weighted by Crippen LogP contribution is 2.33. The van der Waals surface area contributed by atoms with Crippen LogP contribution in [0.2, 0.25) is 0 Å². The van der Waals surface area contributed by atoms with Gasteiger partial charge in [-0.15, -0.1) is 0 Å². The summed E-state index contributed by atoms with van der Waals surface area (Å²) in [7, 11) is 1.87. The van der Waals surface area contributed by atoms with E-state index in [4.69, 9.17) is 4.74 Å². The van der Waals surface area contributed by atoms with Gasteiger partial charge in [0.25, 0.3) is 0 Å². The predicted octanol–water partition coefficient (Wildman–Crippen LogP) is 2.39. The highest BCUT2D eigenvalue weighted by molar-refractivity contribution is 4.86. The van der Waals surface area contributed by atoms with Crippen LogP contribution in [0.1, 0.15) is 33.1 Å². The second kappa shape index (κ2) is 4.84. The average molecular weight is 211 g/mol. The van der Waals surface area contributed by atoms with Gasteiger partial charge in [-0.25, -0.2) is 0 Å². The molecule has 2 heteroatoms. The number of piperidine rings is 1. The largest absolute Gasteiger partial charge is 0.381 e. The van der Waals surface area contributed by atoms with Gasteiger partial charge in [0.15, 0.2) is 0 Å². The van der Waals surface area contributed by atoms with Crippen LogP contribution >= 0.6 is 0 Å². The van der Waals surface area contributed by atoms with Gasteiger partial charge in [-0.3, -0.25) is 0 Å². The lowest BCUT2D eigenvalue weighted by molar-refractivity contribution is -0.0246. The van der Waals surface area contributed by atoms with Gasteiger partial charge < -0.3 is 9.64 Å². The van der Waals surface area contributed by atoms with Crippen LogP contribution in [0.5, 0.6) is 0 Å². The fourth-order valence-electron chi connectivity index (χ4n) is 2.80. The highest BCUT2D eigenvalue weighted by Gasteiger charge is 2.33. The van der Waals surface area contributed by atoms with E-state index in [1.165, 1.54) is 38.9 Å². The van der Waals surface area contributed by atoms with Gasteiger partial charge in [-0.2, -0.15) is 0 Å². The van der Waals surface area contributed by atoms with Crippen molar-refractivity contribution in [1.29, 1.82) is 0 Å². The Balaban J connectivity index is 1.86. The summed E-state index contributed by atoms with van der Waals surface area (Å²) in [5.74, 6) is 2.51. The van der Waals surface area contributed by atoms with Gasteiger partial charge in [-0.05, 0) is 31.1 Å². The van der Waals surface area contributed by atoms with E-state index in [0.29, 0.717) is 6.10 Å². The zero-order chi connectivity index (χ0) is 10.8. The molecule has 0 bridgehead atoms. The standard InChI is InChI=1S/C13H25NO/c1-10(2)12-9-14(8-11-4-5-11)7-6-13(12)15-3/h10-13H,4-9H2,1-3H3/t12-,13+/m1/s1. The zero-order valence-electron chi connectivity index (χ0n) is 10.4. The van der Waals surface area contributed by atoms with Crippen molar-refractivity contribution in [3.05, 3.63) is 0 Å². The molecule has 2 atom stereocenters. The first-order valence-corrected chi connectivity index (χ1v) is 6.46. The number of hydrogen-bond donors (Lipinski definition) is 0. The van der Waals surface area contributed by atoms with Crippen molar-refractivity contribution in [1.82, 2.24) is 4.90 Å². The summed E-state index contributed by atoms with van der Waals surface area (Å²) in [4.78, 5) is 2.66. The number of ether oxygens (including phenoxy) is 1. The Hall–Kier alpha value is -0.0800. The molecular formula is C13H25NO. The summed E-state index contributed by atoms with van der Waals surface area (Å²) in [5, 5.41) is 0. The van der Waals surface area contributed by atoms with E-state index in [9.17, 15) is 0 Å². The van der Waals surface area contributed by atoms with Gasteiger partial charge in [0, 0.05) is 32.7 Å². The number of hydrogen-bond acceptors (Lipinski definition) is 2. The van der Waals surface area contributed by atoms with E-state index < -0.39 is 0 Å². The molecule has 0 spiro atoms. The molecule has 0 aromatic rings. The molecule has 2 fully saturated rings. The number of methoxy groups -OCH3 is 1. The Kier molecular flexibility index (Phi) is 3.68. The second-order valence-corrected chi connectivity index (χ2v) is 5.67. The minimum Gasteiger partial charge on any atom is -0.381 e. The summed E-state index contributed by atoms with van der Waals surface area (Å²) in [5.41, 5.74) is 0. The maximum Gasteiger partial charge on any atom is 0.0626 e. The lowest BCUT2D eigenvalue weighted by Gasteiger charge is -2.40. The third kappa shape index (κ3) is 2.94. The first-order chi connectivity index (χ1) is 7.20. The predicted molar refractivity (Wildman–Crippen MR) is 62.9 cm³/mol. The molecule has 1 saturated carbocycles. The fourth-order valence-corrected chi connectivity index (χ4v) is 2.80. The minimum absolute atomic E-state index is 0.500. The molecule has 0 amide bonds. The molecule has 1 saturated heterocycles. The molecule has 2 aliphatic rings. The average Bonchev–Trinajstić information content (AvgIpc) is 3.01. The molecular weight excluding hydrogens is 186 g/mol. The fraction of sp³-hybridized carbons (Fsp3) is 1.00. The van der Waals surface area contributed by atoms with E-state index >= 15 is 0 Å². The monoisotopic (exact) mass is 211 g/mol. The van der Waals surface area contributed by atoms with Gasteiger partial charge in [0.1, 0.15) is 0 Å². The normalized spacial score (nSPS) is 33.6. The lowest BCUT2D eigenvalue weighted by atomic mass is 9.85. The van der Waals surface area contributed by atoms with Crippen molar-refractivity contribution < 1.29 is 4.74 Å². The van der Waals surface area contributed by atoms with E-state index in [-0.39, 0.29) is 0 Å². The van der Waals surface area contributed by atoms with Crippen molar-refractivity contribution in [3.8, 4) is 0 Å². The van der Waals surface area contributed by atoms with Crippen LogP contribution in [0, 0.1) is 17.8 Å². The minimum atomic E-state index is 0.500. The molecule has 15 heavy (non-hydrogen) atoms. The number of nitrogens with zero attached hydrogens (tertiary/aromatic N) is 1. The summed E-state index contributed by atoms with van der Waals surface area (Å²) in [6.45, 7) is 8.51. The zero-order valence-corrected chi connectivity index (χ0v) is 10.4. The molecule has 1 aliphatic heterocycles. The van der Waals surface area contributed by atoms with Crippen molar-refractivity contribution in [2.75, 3.05) is 26.7 Å². The molecule has 0 aromatic heterocycles. The molecule has 0 unspecified atom stereocenters. The summed E-state index contributed by atoms with van der Waals surface area (Å²) in [6.07, 6.45) is 4.67. The third-order valence-electron chi connectivity index (χ3n) is 4.05. The van der Waals surface area contributed by atoms with Crippen LogP contribution in [-0.4, -0.2) is 37.7 Å². The first kappa shape index (κ1) is 11.4. The lowest BCUT2D eigenvalue weighted by Crippen LogP contribution is -2.46. The van der Waals surface area contributed by atoms with Crippen LogP contribution < -0.4 is 0 Å². The number of likely N-dealkylation sites (tertiary alicyclic amines) is 1. The quantitative estimate of drug-likeness (QED) is 0.708. The van der Waals surface area contributed by atoms with Crippen LogP contribution in [-0.2, 0) is 4.74 Å². The van der Waals surface area contributed by atoms with E-state index in [1.807, 2.05) is 7.11 Å². The van der Waals surface area contributed by atoms with E-state index in [2.05, 4.69) is 18.7 Å². The Morgan fingerprint density at radius 3 is 2.53 bits per heavy atom. The smallest absolute Gasteiger partial charge is 0.0626 e. The molecule has 88 valence electrons. The van der Waals surface area contributed by atoms with Gasteiger partial charge >= 0.3 is 0 Å². The number of rotatable bonds is 4. The van der Waals surface area contributed by atoms with Crippen LogP contribution in [0.3, 0.4) is 0 Å². The molecule has 2 nitrogen and oxygen atoms in total. The summed E-state index contributed by atoms with van der Waals surface area (Å²) >= 11 is 0. The van der Waals surface area contributed by atoms with Crippen molar-refractivity contribution in [3.63, 3.8) is 0 Å². The maximum atomic E-state index is 5.61. The van der Waals surface area contributed by atoms with E-state index in [0.717, 1.165) is 17.8 Å².